The van der Waals surface area contributed by atoms with Crippen molar-refractivity contribution in [3.8, 4) is 0 Å². The van der Waals surface area contributed by atoms with Gasteiger partial charge in [0.15, 0.2) is 5.96 Å². The molecule has 148 valence electrons. The van der Waals surface area contributed by atoms with E-state index in [4.69, 9.17) is 4.74 Å². The number of nitrogens with zero attached hydrogens (tertiary/aromatic N) is 4. The van der Waals surface area contributed by atoms with Gasteiger partial charge < -0.3 is 15.4 Å². The Balaban J connectivity index is 1.83. The van der Waals surface area contributed by atoms with Crippen molar-refractivity contribution in [2.24, 2.45) is 12.0 Å². The lowest BCUT2D eigenvalue weighted by Crippen LogP contribution is -2.48. The summed E-state index contributed by atoms with van der Waals surface area (Å²) in [6, 6.07) is 0.845. The summed E-state index contributed by atoms with van der Waals surface area (Å²) in [4.78, 5) is 6.91. The van der Waals surface area contributed by atoms with Gasteiger partial charge in [-0.1, -0.05) is 0 Å². The molecule has 1 fully saturated rings. The number of hydrogen-bond acceptors (Lipinski definition) is 4. The predicted molar refractivity (Wildman–Crippen MR) is 107 cm³/mol. The van der Waals surface area contributed by atoms with Gasteiger partial charge in [-0.3, -0.25) is 14.6 Å². The maximum absolute atomic E-state index is 5.22. The van der Waals surface area contributed by atoms with E-state index in [1.165, 1.54) is 24.1 Å². The minimum atomic E-state index is 0.288. The molecule has 0 aromatic carbocycles. The van der Waals surface area contributed by atoms with E-state index in [9.17, 15) is 0 Å². The van der Waals surface area contributed by atoms with E-state index in [0.717, 1.165) is 44.3 Å². The second kappa shape index (κ2) is 9.92. The summed E-state index contributed by atoms with van der Waals surface area (Å²) in [5.41, 5.74) is 3.67. The molecular formula is C19H36N6O. The summed E-state index contributed by atoms with van der Waals surface area (Å²) in [5.74, 6) is 0.871. The first-order valence-corrected chi connectivity index (χ1v) is 9.65. The Morgan fingerprint density at radius 1 is 1.42 bits per heavy atom. The first-order chi connectivity index (χ1) is 12.5. The molecule has 0 amide bonds. The molecule has 1 aliphatic rings. The molecule has 7 nitrogen and oxygen atoms in total. The van der Waals surface area contributed by atoms with Crippen molar-refractivity contribution in [1.29, 1.82) is 0 Å². The van der Waals surface area contributed by atoms with Gasteiger partial charge in [-0.25, -0.2) is 0 Å². The third-order valence-electron chi connectivity index (χ3n) is 5.36. The topological polar surface area (TPSA) is 66.7 Å². The molecule has 1 aromatic rings. The fourth-order valence-electron chi connectivity index (χ4n) is 3.74. The number of guanidine groups is 1. The fraction of sp³-hybridized carbons (Fsp3) is 0.789. The third-order valence-corrected chi connectivity index (χ3v) is 5.36. The van der Waals surface area contributed by atoms with Gasteiger partial charge in [0.1, 0.15) is 0 Å². The SMILES string of the molecule is CN=C(NCC1CCCN1CCOC)NC(C)Cc1c(C)nn(C)c1C. The summed E-state index contributed by atoms with van der Waals surface area (Å²) in [6.45, 7) is 10.3. The summed E-state index contributed by atoms with van der Waals surface area (Å²) >= 11 is 0. The van der Waals surface area contributed by atoms with Crippen LogP contribution in [0.2, 0.25) is 0 Å². The summed E-state index contributed by atoms with van der Waals surface area (Å²) in [7, 11) is 5.60. The number of methoxy groups -OCH3 is 1. The van der Waals surface area contributed by atoms with Gasteiger partial charge in [0.25, 0.3) is 0 Å². The molecular weight excluding hydrogens is 328 g/mol. The van der Waals surface area contributed by atoms with Crippen LogP contribution in [-0.2, 0) is 18.2 Å². The molecule has 2 rings (SSSR count). The van der Waals surface area contributed by atoms with Gasteiger partial charge in [0, 0.05) is 52.1 Å². The third kappa shape index (κ3) is 5.45. The van der Waals surface area contributed by atoms with Crippen LogP contribution in [0.25, 0.3) is 0 Å². The van der Waals surface area contributed by atoms with Gasteiger partial charge in [0.2, 0.25) is 0 Å². The Morgan fingerprint density at radius 2 is 2.19 bits per heavy atom. The van der Waals surface area contributed by atoms with Crippen LogP contribution < -0.4 is 10.6 Å². The molecule has 26 heavy (non-hydrogen) atoms. The van der Waals surface area contributed by atoms with Crippen LogP contribution in [0.3, 0.4) is 0 Å². The number of hydrogen-bond donors (Lipinski definition) is 2. The van der Waals surface area contributed by atoms with Crippen LogP contribution >= 0.6 is 0 Å². The van der Waals surface area contributed by atoms with Crippen LogP contribution in [0.15, 0.2) is 4.99 Å². The Labute approximate surface area is 158 Å². The predicted octanol–water partition coefficient (Wildman–Crippen LogP) is 1.24. The highest BCUT2D eigenvalue weighted by atomic mass is 16.5. The largest absolute Gasteiger partial charge is 0.383 e. The highest BCUT2D eigenvalue weighted by Crippen LogP contribution is 2.16. The molecule has 1 aromatic heterocycles. The monoisotopic (exact) mass is 364 g/mol. The number of aromatic nitrogens is 2. The maximum atomic E-state index is 5.22. The summed E-state index contributed by atoms with van der Waals surface area (Å²) < 4.78 is 7.18. The van der Waals surface area contributed by atoms with Crippen LogP contribution in [0.4, 0.5) is 0 Å². The second-order valence-corrected chi connectivity index (χ2v) is 7.30. The maximum Gasteiger partial charge on any atom is 0.191 e. The number of rotatable bonds is 8. The van der Waals surface area contributed by atoms with E-state index >= 15 is 0 Å². The minimum Gasteiger partial charge on any atom is -0.383 e. The molecule has 0 aliphatic carbocycles. The zero-order valence-electron chi connectivity index (χ0n) is 17.3. The van der Waals surface area contributed by atoms with Gasteiger partial charge in [-0.05, 0) is 52.1 Å². The Hall–Kier alpha value is -1.60. The van der Waals surface area contributed by atoms with Crippen molar-refractivity contribution < 1.29 is 4.74 Å². The second-order valence-electron chi connectivity index (χ2n) is 7.30. The average Bonchev–Trinajstić information content (AvgIpc) is 3.16. The molecule has 2 atom stereocenters. The van der Waals surface area contributed by atoms with Crippen molar-refractivity contribution in [2.45, 2.75) is 52.1 Å². The molecule has 0 bridgehead atoms. The van der Waals surface area contributed by atoms with Crippen LogP contribution in [-0.4, -0.2) is 73.1 Å². The molecule has 2 unspecified atom stereocenters. The Bertz CT molecular complexity index is 597. The number of likely N-dealkylation sites (tertiary alicyclic amines) is 1. The first-order valence-electron chi connectivity index (χ1n) is 9.65. The molecule has 1 aliphatic heterocycles. The zero-order valence-corrected chi connectivity index (χ0v) is 17.3. The smallest absolute Gasteiger partial charge is 0.191 e. The van der Waals surface area contributed by atoms with Gasteiger partial charge >= 0.3 is 0 Å². The fourth-order valence-corrected chi connectivity index (χ4v) is 3.74. The molecule has 7 heteroatoms. The standard InChI is InChI=1S/C19H36N6O/c1-14(12-18-15(2)23-24(5)16(18)3)22-19(20-4)21-13-17-8-7-9-25(17)10-11-26-6/h14,17H,7-13H2,1-6H3,(H2,20,21,22). The highest BCUT2D eigenvalue weighted by Gasteiger charge is 2.24. The van der Waals surface area contributed by atoms with Crippen molar-refractivity contribution in [2.75, 3.05) is 40.4 Å². The molecule has 1 saturated heterocycles. The molecule has 0 radical (unpaired) electrons. The average molecular weight is 365 g/mol. The van der Waals surface area contributed by atoms with Crippen molar-refractivity contribution in [3.63, 3.8) is 0 Å². The van der Waals surface area contributed by atoms with Crippen molar-refractivity contribution >= 4 is 5.96 Å². The Morgan fingerprint density at radius 3 is 2.81 bits per heavy atom. The van der Waals surface area contributed by atoms with Crippen LogP contribution in [0, 0.1) is 13.8 Å². The van der Waals surface area contributed by atoms with E-state index in [1.807, 2.05) is 18.8 Å². The lowest BCUT2D eigenvalue weighted by atomic mass is 10.1. The van der Waals surface area contributed by atoms with Crippen molar-refractivity contribution in [1.82, 2.24) is 25.3 Å². The van der Waals surface area contributed by atoms with E-state index < -0.39 is 0 Å². The minimum absolute atomic E-state index is 0.288. The number of ether oxygens (including phenoxy) is 1. The normalized spacial score (nSPS) is 19.8. The van der Waals surface area contributed by atoms with Gasteiger partial charge in [-0.2, -0.15) is 5.10 Å². The summed E-state index contributed by atoms with van der Waals surface area (Å²) in [6.07, 6.45) is 3.44. The van der Waals surface area contributed by atoms with E-state index in [0.29, 0.717) is 6.04 Å². The van der Waals surface area contributed by atoms with E-state index in [1.54, 1.807) is 7.11 Å². The van der Waals surface area contributed by atoms with E-state index in [-0.39, 0.29) is 6.04 Å². The number of nitrogens with one attached hydrogen (secondary N) is 2. The Kier molecular flexibility index (Phi) is 7.90. The lowest BCUT2D eigenvalue weighted by Gasteiger charge is -2.26. The molecule has 2 N–H and O–H groups in total. The van der Waals surface area contributed by atoms with Gasteiger partial charge in [0.05, 0.1) is 12.3 Å². The lowest BCUT2D eigenvalue weighted by molar-refractivity contribution is 0.141. The van der Waals surface area contributed by atoms with Crippen molar-refractivity contribution in [3.05, 3.63) is 17.0 Å². The highest BCUT2D eigenvalue weighted by molar-refractivity contribution is 5.80. The quantitative estimate of drug-likeness (QED) is 0.537. The number of aliphatic imine (C=N–C) groups is 1. The molecule has 0 spiro atoms. The molecule has 0 saturated carbocycles. The summed E-state index contributed by atoms with van der Waals surface area (Å²) in [5, 5.41) is 11.5. The molecule has 2 heterocycles. The van der Waals surface area contributed by atoms with E-state index in [2.05, 4.69) is 46.4 Å². The number of aryl methyl sites for hydroxylation is 2. The van der Waals surface area contributed by atoms with Crippen LogP contribution in [0.1, 0.15) is 36.7 Å². The van der Waals surface area contributed by atoms with Gasteiger partial charge in [-0.15, -0.1) is 0 Å². The zero-order chi connectivity index (χ0) is 19.1. The first kappa shape index (κ1) is 20.7. The van der Waals surface area contributed by atoms with Crippen LogP contribution in [0.5, 0.6) is 0 Å².